The van der Waals surface area contributed by atoms with Gasteiger partial charge in [-0.2, -0.15) is 11.8 Å². The Balaban J connectivity index is 3.30. The van der Waals surface area contributed by atoms with Crippen molar-refractivity contribution in [2.45, 2.75) is 47.6 Å². The highest BCUT2D eigenvalue weighted by molar-refractivity contribution is 7.99. The Morgan fingerprint density at radius 2 is 1.59 bits per heavy atom. The van der Waals surface area contributed by atoms with Crippen molar-refractivity contribution in [2.24, 2.45) is 22.4 Å². The van der Waals surface area contributed by atoms with Gasteiger partial charge in [0.25, 0.3) is 0 Å². The van der Waals surface area contributed by atoms with Crippen LogP contribution in [-0.2, 0) is 0 Å². The van der Waals surface area contributed by atoms with Crippen molar-refractivity contribution in [3.05, 3.63) is 11.4 Å². The van der Waals surface area contributed by atoms with Gasteiger partial charge in [-0.15, -0.1) is 0 Å². The minimum atomic E-state index is 0.0142. The summed E-state index contributed by atoms with van der Waals surface area (Å²) in [5.74, 6) is 8.35. The third-order valence-electron chi connectivity index (χ3n) is 3.37. The van der Waals surface area contributed by atoms with Crippen molar-refractivity contribution in [3.63, 3.8) is 0 Å². The summed E-state index contributed by atoms with van der Waals surface area (Å²) in [5.41, 5.74) is 8.52. The third kappa shape index (κ3) is 2.91. The number of nitrogens with two attached hydrogens (primary N) is 2. The van der Waals surface area contributed by atoms with Gasteiger partial charge in [-0.1, -0.05) is 27.7 Å². The van der Waals surface area contributed by atoms with Gasteiger partial charge in [0, 0.05) is 34.1 Å². The van der Waals surface area contributed by atoms with Gasteiger partial charge in [0.15, 0.2) is 0 Å². The quantitative estimate of drug-likeness (QED) is 0.589. The lowest BCUT2D eigenvalue weighted by Crippen LogP contribution is -2.45. The van der Waals surface area contributed by atoms with Gasteiger partial charge in [-0.05, 0) is 13.8 Å². The summed E-state index contributed by atoms with van der Waals surface area (Å²) in [6, 6.07) is 0.265. The summed E-state index contributed by atoms with van der Waals surface area (Å²) in [6.45, 7) is 13.1. The van der Waals surface area contributed by atoms with Crippen LogP contribution in [0.5, 0.6) is 0 Å². The molecule has 3 nitrogen and oxygen atoms in total. The van der Waals surface area contributed by atoms with Crippen LogP contribution in [0.25, 0.3) is 0 Å². The first-order valence-corrected chi connectivity index (χ1v) is 7.37. The highest BCUT2D eigenvalue weighted by atomic mass is 32.2. The van der Waals surface area contributed by atoms with Crippen LogP contribution < -0.4 is 11.6 Å². The first-order chi connectivity index (χ1) is 7.59. The molecule has 0 aromatic carbocycles. The molecule has 0 fully saturated rings. The molecular weight excluding hydrogens is 230 g/mol. The largest absolute Gasteiger partial charge is 0.400 e. The van der Waals surface area contributed by atoms with Crippen LogP contribution in [0.2, 0.25) is 0 Å². The van der Waals surface area contributed by atoms with Gasteiger partial charge < -0.3 is 10.7 Å². The Hall–Kier alpha value is -0.350. The van der Waals surface area contributed by atoms with Crippen molar-refractivity contribution in [1.82, 2.24) is 5.01 Å². The normalized spacial score (nSPS) is 23.8. The summed E-state index contributed by atoms with van der Waals surface area (Å²) < 4.78 is 0. The van der Waals surface area contributed by atoms with E-state index in [1.165, 1.54) is 0 Å². The molecule has 0 bridgehead atoms. The Morgan fingerprint density at radius 1 is 1.12 bits per heavy atom. The Labute approximate surface area is 110 Å². The fraction of sp³-hybridized carbons (Fsp3) is 0.846. The molecule has 0 radical (unpaired) electrons. The molecule has 1 heterocycles. The van der Waals surface area contributed by atoms with E-state index >= 15 is 0 Å². The maximum absolute atomic E-state index is 6.42. The third-order valence-corrected chi connectivity index (χ3v) is 5.22. The summed E-state index contributed by atoms with van der Waals surface area (Å²) in [7, 11) is 0. The minimum Gasteiger partial charge on any atom is -0.400 e. The van der Waals surface area contributed by atoms with Crippen LogP contribution in [0.4, 0.5) is 0 Å². The van der Waals surface area contributed by atoms with E-state index in [0.29, 0.717) is 0 Å². The zero-order valence-corrected chi connectivity index (χ0v) is 12.8. The summed E-state index contributed by atoms with van der Waals surface area (Å²) in [5, 5.41) is 1.85. The summed E-state index contributed by atoms with van der Waals surface area (Å²) in [6.07, 6.45) is 0. The summed E-state index contributed by atoms with van der Waals surface area (Å²) in [4.78, 5) is 0. The highest BCUT2D eigenvalue weighted by Gasteiger charge is 2.38. The molecular formula is C13H27N3S. The van der Waals surface area contributed by atoms with E-state index in [1.54, 1.807) is 0 Å². The molecule has 0 aromatic heterocycles. The van der Waals surface area contributed by atoms with Gasteiger partial charge in [0.1, 0.15) is 0 Å². The number of thioether (sulfide) groups is 1. The van der Waals surface area contributed by atoms with Gasteiger partial charge in [0.2, 0.25) is 0 Å². The molecule has 0 saturated carbocycles. The molecule has 1 aliphatic rings. The molecule has 4 heteroatoms. The zero-order valence-electron chi connectivity index (χ0n) is 12.0. The van der Waals surface area contributed by atoms with Crippen LogP contribution in [0.3, 0.4) is 0 Å². The molecule has 0 unspecified atom stereocenters. The molecule has 0 saturated heterocycles. The Morgan fingerprint density at radius 3 is 2.06 bits per heavy atom. The second kappa shape index (κ2) is 4.73. The minimum absolute atomic E-state index is 0.0142. The molecule has 0 amide bonds. The van der Waals surface area contributed by atoms with Crippen molar-refractivity contribution in [1.29, 1.82) is 0 Å². The molecule has 17 heavy (non-hydrogen) atoms. The van der Waals surface area contributed by atoms with E-state index in [0.717, 1.165) is 22.9 Å². The van der Waals surface area contributed by atoms with Gasteiger partial charge >= 0.3 is 0 Å². The second-order valence-corrected chi connectivity index (χ2v) is 7.51. The van der Waals surface area contributed by atoms with E-state index in [-0.39, 0.29) is 16.9 Å². The van der Waals surface area contributed by atoms with Gasteiger partial charge in [0.05, 0.1) is 5.70 Å². The number of allylic oxidation sites excluding steroid dienone is 2. The highest BCUT2D eigenvalue weighted by Crippen LogP contribution is 2.43. The van der Waals surface area contributed by atoms with Crippen molar-refractivity contribution >= 4 is 11.8 Å². The average molecular weight is 257 g/mol. The first kappa shape index (κ1) is 14.7. The molecule has 100 valence electrons. The first-order valence-electron chi connectivity index (χ1n) is 6.22. The van der Waals surface area contributed by atoms with Crippen LogP contribution in [0.1, 0.15) is 41.5 Å². The number of hydrazine groups is 1. The monoisotopic (exact) mass is 257 g/mol. The van der Waals surface area contributed by atoms with Crippen LogP contribution in [0, 0.1) is 10.8 Å². The summed E-state index contributed by atoms with van der Waals surface area (Å²) >= 11 is 1.96. The van der Waals surface area contributed by atoms with E-state index < -0.39 is 0 Å². The standard InChI is InChI=1S/C13H27N3S/c1-9(2)16(15)11-10(14)12(3,4)7-17-8-13(11,5)6/h9H,7-8,14-15H2,1-6H3. The van der Waals surface area contributed by atoms with E-state index in [4.69, 9.17) is 11.6 Å². The van der Waals surface area contributed by atoms with Crippen molar-refractivity contribution in [3.8, 4) is 0 Å². The molecule has 1 aliphatic heterocycles. The lowest BCUT2D eigenvalue weighted by atomic mass is 9.82. The second-order valence-electron chi connectivity index (χ2n) is 6.52. The van der Waals surface area contributed by atoms with E-state index in [9.17, 15) is 0 Å². The maximum Gasteiger partial charge on any atom is 0.0551 e. The predicted octanol–water partition coefficient (Wildman–Crippen LogP) is 2.54. The molecule has 4 N–H and O–H groups in total. The van der Waals surface area contributed by atoms with Crippen molar-refractivity contribution < 1.29 is 0 Å². The molecule has 0 atom stereocenters. The maximum atomic E-state index is 6.42. The predicted molar refractivity (Wildman–Crippen MR) is 77.3 cm³/mol. The number of rotatable bonds is 2. The Kier molecular flexibility index (Phi) is 4.09. The number of hydrogen-bond donors (Lipinski definition) is 2. The fourth-order valence-electron chi connectivity index (χ4n) is 2.14. The molecule has 0 spiro atoms. The van der Waals surface area contributed by atoms with E-state index in [1.807, 2.05) is 16.8 Å². The molecule has 1 rings (SSSR count). The number of hydrogen-bond acceptors (Lipinski definition) is 4. The van der Waals surface area contributed by atoms with Gasteiger partial charge in [-0.25, -0.2) is 5.84 Å². The van der Waals surface area contributed by atoms with E-state index in [2.05, 4.69) is 41.5 Å². The zero-order chi connectivity index (χ0) is 13.4. The molecule has 0 aliphatic carbocycles. The SMILES string of the molecule is CC(C)N(N)C1=C(N)C(C)(C)CSCC1(C)C. The lowest BCUT2D eigenvalue weighted by Gasteiger charge is -2.38. The van der Waals surface area contributed by atoms with Crippen LogP contribution >= 0.6 is 11.8 Å². The number of nitrogens with zero attached hydrogens (tertiary/aromatic N) is 1. The molecule has 0 aromatic rings. The Bertz CT molecular complexity index is 319. The topological polar surface area (TPSA) is 55.3 Å². The van der Waals surface area contributed by atoms with Crippen molar-refractivity contribution in [2.75, 3.05) is 11.5 Å². The van der Waals surface area contributed by atoms with Gasteiger partial charge in [-0.3, -0.25) is 0 Å². The van der Waals surface area contributed by atoms with Crippen LogP contribution in [-0.4, -0.2) is 22.6 Å². The smallest absolute Gasteiger partial charge is 0.0551 e. The fourth-order valence-corrected chi connectivity index (χ4v) is 3.55. The van der Waals surface area contributed by atoms with Crippen LogP contribution in [0.15, 0.2) is 11.4 Å². The average Bonchev–Trinajstić information content (AvgIpc) is 2.22. The lowest BCUT2D eigenvalue weighted by molar-refractivity contribution is 0.221.